The van der Waals surface area contributed by atoms with Crippen LogP contribution in [0.4, 0.5) is 5.69 Å². The molecule has 0 atom stereocenters. The molecule has 0 bridgehead atoms. The van der Waals surface area contributed by atoms with Gasteiger partial charge in [-0.25, -0.2) is 18.6 Å². The first-order valence-electron chi connectivity index (χ1n) is 11.5. The minimum Gasteiger partial charge on any atom is -0.493 e. The smallest absolute Gasteiger partial charge is 0.345 e. The molecular weight excluding hydrogens is 577 g/mol. The minimum absolute atomic E-state index is 0.0523. The van der Waals surface area contributed by atoms with E-state index in [-0.39, 0.29) is 38.2 Å². The SMILES string of the molecule is COc1cc(/C=N\NC(=O)c2ccc(NS(=O)(=O)c3ccc(Cl)cc3)cc2)ccc1OC(=O)c1ccccc1Cl. The second-order valence-electron chi connectivity index (χ2n) is 8.12. The molecular formula is C28H21Cl2N3O6S. The standard InChI is InChI=1S/C28H21Cl2N3O6S/c1-38-26-16-18(6-15-25(26)39-28(35)23-4-2-3-5-24(23)30)17-31-32-27(34)19-7-11-21(12-8-19)33-40(36,37)22-13-9-20(29)10-14-22/h2-17,33H,1H3,(H,32,34)/b31-17-. The zero-order valence-electron chi connectivity index (χ0n) is 20.8. The molecule has 0 unspecified atom stereocenters. The van der Waals surface area contributed by atoms with Gasteiger partial charge < -0.3 is 9.47 Å². The van der Waals surface area contributed by atoms with Gasteiger partial charge in [0, 0.05) is 16.3 Å². The summed E-state index contributed by atoms with van der Waals surface area (Å²) in [5.41, 5.74) is 3.70. The molecule has 0 fully saturated rings. The van der Waals surface area contributed by atoms with E-state index in [2.05, 4.69) is 15.2 Å². The van der Waals surface area contributed by atoms with Crippen LogP contribution in [0.1, 0.15) is 26.3 Å². The molecule has 4 aromatic carbocycles. The Morgan fingerprint density at radius 3 is 2.25 bits per heavy atom. The van der Waals surface area contributed by atoms with Crippen molar-refractivity contribution >= 4 is 57.0 Å². The third-order valence-electron chi connectivity index (χ3n) is 5.39. The van der Waals surface area contributed by atoms with E-state index < -0.39 is 21.9 Å². The number of benzene rings is 4. The normalized spacial score (nSPS) is 11.2. The quantitative estimate of drug-likeness (QED) is 0.109. The molecule has 12 heteroatoms. The number of rotatable bonds is 9. The summed E-state index contributed by atoms with van der Waals surface area (Å²) < 4.78 is 38.2. The maximum Gasteiger partial charge on any atom is 0.345 e. The Morgan fingerprint density at radius 1 is 0.875 bits per heavy atom. The topological polar surface area (TPSA) is 123 Å². The number of ether oxygens (including phenoxy) is 2. The number of methoxy groups -OCH3 is 1. The molecule has 4 rings (SSSR count). The lowest BCUT2D eigenvalue weighted by atomic mass is 10.2. The molecule has 0 saturated carbocycles. The van der Waals surface area contributed by atoms with Crippen molar-refractivity contribution in [2.24, 2.45) is 5.10 Å². The highest BCUT2D eigenvalue weighted by molar-refractivity contribution is 7.92. The summed E-state index contributed by atoms with van der Waals surface area (Å²) in [6.45, 7) is 0. The molecule has 0 aromatic heterocycles. The van der Waals surface area contributed by atoms with E-state index in [4.69, 9.17) is 32.7 Å². The Labute approximate surface area is 240 Å². The number of hydrazone groups is 1. The van der Waals surface area contributed by atoms with E-state index in [1.165, 1.54) is 67.9 Å². The minimum atomic E-state index is -3.82. The molecule has 0 heterocycles. The summed E-state index contributed by atoms with van der Waals surface area (Å²) >= 11 is 11.9. The number of carbonyl (C=O) groups excluding carboxylic acids is 2. The molecule has 2 N–H and O–H groups in total. The van der Waals surface area contributed by atoms with E-state index in [0.717, 1.165) is 0 Å². The number of halogens is 2. The zero-order chi connectivity index (χ0) is 28.7. The van der Waals surface area contributed by atoms with Crippen LogP contribution >= 0.6 is 23.2 Å². The van der Waals surface area contributed by atoms with Crippen molar-refractivity contribution in [2.75, 3.05) is 11.8 Å². The molecule has 4 aromatic rings. The fourth-order valence-electron chi connectivity index (χ4n) is 3.38. The number of hydrogen-bond donors (Lipinski definition) is 2. The molecule has 0 aliphatic carbocycles. The molecule has 0 aliphatic rings. The van der Waals surface area contributed by atoms with Crippen LogP contribution in [0.3, 0.4) is 0 Å². The third kappa shape index (κ3) is 7.17. The zero-order valence-corrected chi connectivity index (χ0v) is 23.1. The Bertz CT molecular complexity index is 1680. The van der Waals surface area contributed by atoms with Crippen molar-refractivity contribution < 1.29 is 27.5 Å². The highest BCUT2D eigenvalue weighted by atomic mass is 35.5. The van der Waals surface area contributed by atoms with Gasteiger partial charge in [0.1, 0.15) is 0 Å². The van der Waals surface area contributed by atoms with Crippen molar-refractivity contribution in [3.05, 3.63) is 118 Å². The predicted octanol–water partition coefficient (Wildman–Crippen LogP) is 5.79. The van der Waals surface area contributed by atoms with E-state index in [9.17, 15) is 18.0 Å². The van der Waals surface area contributed by atoms with Gasteiger partial charge in [0.25, 0.3) is 15.9 Å². The van der Waals surface area contributed by atoms with Gasteiger partial charge in [-0.05, 0) is 84.4 Å². The van der Waals surface area contributed by atoms with E-state index in [1.54, 1.807) is 36.4 Å². The summed E-state index contributed by atoms with van der Waals surface area (Å²) in [6.07, 6.45) is 1.38. The number of hydrogen-bond acceptors (Lipinski definition) is 7. The van der Waals surface area contributed by atoms with Crippen LogP contribution < -0.4 is 19.6 Å². The Balaban J connectivity index is 1.36. The van der Waals surface area contributed by atoms with Crippen molar-refractivity contribution in [2.45, 2.75) is 4.90 Å². The van der Waals surface area contributed by atoms with Crippen molar-refractivity contribution in [1.82, 2.24) is 5.43 Å². The first-order valence-corrected chi connectivity index (χ1v) is 13.8. The number of nitrogens with one attached hydrogen (secondary N) is 2. The lowest BCUT2D eigenvalue weighted by Crippen LogP contribution is -2.18. The maximum atomic E-state index is 12.5. The van der Waals surface area contributed by atoms with Crippen LogP contribution in [-0.4, -0.2) is 33.6 Å². The van der Waals surface area contributed by atoms with Crippen LogP contribution in [0.5, 0.6) is 11.5 Å². The molecule has 1 amide bonds. The molecule has 204 valence electrons. The van der Waals surface area contributed by atoms with E-state index in [1.807, 2.05) is 0 Å². The number of nitrogens with zero attached hydrogens (tertiary/aromatic N) is 1. The highest BCUT2D eigenvalue weighted by Gasteiger charge is 2.16. The van der Waals surface area contributed by atoms with Gasteiger partial charge in [0.2, 0.25) is 0 Å². The van der Waals surface area contributed by atoms with Crippen LogP contribution in [-0.2, 0) is 10.0 Å². The van der Waals surface area contributed by atoms with Crippen molar-refractivity contribution in [3.8, 4) is 11.5 Å². The lowest BCUT2D eigenvalue weighted by Gasteiger charge is -2.10. The molecule has 40 heavy (non-hydrogen) atoms. The molecule has 0 radical (unpaired) electrons. The van der Waals surface area contributed by atoms with Crippen molar-refractivity contribution in [3.63, 3.8) is 0 Å². The fraction of sp³-hybridized carbons (Fsp3) is 0.0357. The van der Waals surface area contributed by atoms with Gasteiger partial charge in [0.15, 0.2) is 11.5 Å². The van der Waals surface area contributed by atoms with Gasteiger partial charge >= 0.3 is 5.97 Å². The second-order valence-corrected chi connectivity index (χ2v) is 10.6. The number of amides is 1. The first kappa shape index (κ1) is 28.6. The van der Waals surface area contributed by atoms with Gasteiger partial charge in [-0.15, -0.1) is 0 Å². The summed E-state index contributed by atoms with van der Waals surface area (Å²) in [5.74, 6) is -0.699. The summed E-state index contributed by atoms with van der Waals surface area (Å²) in [7, 11) is -2.40. The Kier molecular flexibility index (Phi) is 9.05. The van der Waals surface area contributed by atoms with Crippen molar-refractivity contribution in [1.29, 1.82) is 0 Å². The van der Waals surface area contributed by atoms with Crippen LogP contribution in [0.2, 0.25) is 10.0 Å². The maximum absolute atomic E-state index is 12.5. The van der Waals surface area contributed by atoms with Crippen LogP contribution in [0.15, 0.2) is 101 Å². The fourth-order valence-corrected chi connectivity index (χ4v) is 4.78. The Morgan fingerprint density at radius 2 is 1.57 bits per heavy atom. The number of anilines is 1. The monoisotopic (exact) mass is 597 g/mol. The first-order chi connectivity index (χ1) is 19.2. The number of carbonyl (C=O) groups is 2. The largest absolute Gasteiger partial charge is 0.493 e. The third-order valence-corrected chi connectivity index (χ3v) is 7.37. The molecule has 0 aliphatic heterocycles. The average Bonchev–Trinajstić information content (AvgIpc) is 2.94. The second kappa shape index (κ2) is 12.6. The Hall–Kier alpha value is -4.38. The number of esters is 1. The van der Waals surface area contributed by atoms with E-state index in [0.29, 0.717) is 10.6 Å². The molecule has 0 spiro atoms. The lowest BCUT2D eigenvalue weighted by molar-refractivity contribution is 0.0729. The summed E-state index contributed by atoms with van der Waals surface area (Å²) in [5, 5.41) is 4.63. The van der Waals surface area contributed by atoms with Crippen LogP contribution in [0, 0.1) is 0 Å². The van der Waals surface area contributed by atoms with Gasteiger partial charge in [-0.1, -0.05) is 35.3 Å². The molecule has 0 saturated heterocycles. The number of sulfonamides is 1. The van der Waals surface area contributed by atoms with Gasteiger partial charge in [-0.3, -0.25) is 9.52 Å². The summed E-state index contributed by atoms with van der Waals surface area (Å²) in [6, 6.07) is 22.8. The average molecular weight is 598 g/mol. The molecule has 9 nitrogen and oxygen atoms in total. The summed E-state index contributed by atoms with van der Waals surface area (Å²) in [4.78, 5) is 25.0. The van der Waals surface area contributed by atoms with Crippen LogP contribution in [0.25, 0.3) is 0 Å². The van der Waals surface area contributed by atoms with E-state index >= 15 is 0 Å². The van der Waals surface area contributed by atoms with Gasteiger partial charge in [0.05, 0.1) is 28.8 Å². The predicted molar refractivity (Wildman–Crippen MR) is 153 cm³/mol. The highest BCUT2D eigenvalue weighted by Crippen LogP contribution is 2.29. The van der Waals surface area contributed by atoms with Gasteiger partial charge in [-0.2, -0.15) is 5.10 Å².